The molecule has 0 bridgehead atoms. The normalized spacial score (nSPS) is 14.8. The Bertz CT molecular complexity index is 1250. The molecule has 2 aromatic carbocycles. The van der Waals surface area contributed by atoms with E-state index >= 15 is 0 Å². The third kappa shape index (κ3) is 4.86. The Morgan fingerprint density at radius 1 is 1.28 bits per heavy atom. The highest BCUT2D eigenvalue weighted by Gasteiger charge is 2.22. The summed E-state index contributed by atoms with van der Waals surface area (Å²) in [5.74, 6) is 0.572. The van der Waals surface area contributed by atoms with Crippen LogP contribution < -0.4 is 16.0 Å². The number of halogens is 2. The minimum absolute atomic E-state index is 0.162. The van der Waals surface area contributed by atoms with Crippen LogP contribution >= 0.6 is 27.5 Å². The Morgan fingerprint density at radius 3 is 2.78 bits per heavy atom. The van der Waals surface area contributed by atoms with Gasteiger partial charge in [0.05, 0.1) is 21.6 Å². The van der Waals surface area contributed by atoms with Gasteiger partial charge in [0, 0.05) is 16.5 Å². The van der Waals surface area contributed by atoms with Crippen LogP contribution in [0.2, 0.25) is 5.02 Å². The maximum atomic E-state index is 13.3. The lowest BCUT2D eigenvalue weighted by Gasteiger charge is -2.22. The minimum atomic E-state index is -0.607. The largest absolute Gasteiger partial charge is 0.482 e. The van der Waals surface area contributed by atoms with Gasteiger partial charge in [0.2, 0.25) is 0 Å². The van der Waals surface area contributed by atoms with E-state index in [1.165, 1.54) is 17.3 Å². The van der Waals surface area contributed by atoms with Crippen molar-refractivity contribution in [2.75, 3.05) is 6.61 Å². The zero-order valence-electron chi connectivity index (χ0n) is 17.3. The second-order valence-corrected chi connectivity index (χ2v) is 9.04. The molecule has 1 heterocycles. The molecule has 0 atom stereocenters. The minimum Gasteiger partial charge on any atom is -0.482 e. The van der Waals surface area contributed by atoms with Crippen LogP contribution in [-0.2, 0) is 4.79 Å². The number of ether oxygens (including phenoxy) is 1. The van der Waals surface area contributed by atoms with Crippen LogP contribution in [0.15, 0.2) is 50.8 Å². The van der Waals surface area contributed by atoms with Crippen molar-refractivity contribution in [3.05, 3.63) is 67.6 Å². The summed E-state index contributed by atoms with van der Waals surface area (Å²) in [5, 5.41) is 5.46. The van der Waals surface area contributed by atoms with Crippen molar-refractivity contribution in [1.82, 2.24) is 9.66 Å². The van der Waals surface area contributed by atoms with E-state index in [-0.39, 0.29) is 18.1 Å². The predicted molar refractivity (Wildman–Crippen MR) is 129 cm³/mol. The third-order valence-corrected chi connectivity index (χ3v) is 6.26. The molecule has 0 spiro atoms. The number of para-hydroxylation sites is 1. The number of benzene rings is 2. The number of primary amides is 1. The molecule has 1 saturated carbocycles. The van der Waals surface area contributed by atoms with Crippen LogP contribution in [0.4, 0.5) is 0 Å². The first-order valence-corrected chi connectivity index (χ1v) is 11.6. The monoisotopic (exact) mass is 516 g/mol. The van der Waals surface area contributed by atoms with Gasteiger partial charge in [0.1, 0.15) is 11.6 Å². The van der Waals surface area contributed by atoms with E-state index in [4.69, 9.17) is 27.1 Å². The van der Waals surface area contributed by atoms with Gasteiger partial charge >= 0.3 is 0 Å². The van der Waals surface area contributed by atoms with E-state index in [2.05, 4.69) is 21.0 Å². The van der Waals surface area contributed by atoms with Gasteiger partial charge in [-0.2, -0.15) is 9.78 Å². The van der Waals surface area contributed by atoms with E-state index in [0.29, 0.717) is 37.5 Å². The van der Waals surface area contributed by atoms with Crippen molar-refractivity contribution in [3.63, 3.8) is 0 Å². The molecule has 2 N–H and O–H groups in total. The molecule has 1 amide bonds. The van der Waals surface area contributed by atoms with Crippen LogP contribution in [-0.4, -0.2) is 28.4 Å². The summed E-state index contributed by atoms with van der Waals surface area (Å²) in [7, 11) is 0. The summed E-state index contributed by atoms with van der Waals surface area (Å²) in [6.07, 6.45) is 6.82. The van der Waals surface area contributed by atoms with Crippen LogP contribution in [0.3, 0.4) is 0 Å². The lowest BCUT2D eigenvalue weighted by molar-refractivity contribution is -0.119. The Labute approximate surface area is 198 Å². The summed E-state index contributed by atoms with van der Waals surface area (Å²) in [5.41, 5.74) is 6.16. The van der Waals surface area contributed by atoms with Gasteiger partial charge in [-0.1, -0.05) is 43.0 Å². The van der Waals surface area contributed by atoms with Crippen molar-refractivity contribution in [1.29, 1.82) is 0 Å². The lowest BCUT2D eigenvalue weighted by atomic mass is 9.88. The Kier molecular flexibility index (Phi) is 6.91. The number of hydrogen-bond acceptors (Lipinski definition) is 5. The van der Waals surface area contributed by atoms with Crippen LogP contribution in [0.5, 0.6) is 5.75 Å². The Hall–Kier alpha value is -2.71. The Morgan fingerprint density at radius 2 is 2.03 bits per heavy atom. The molecular weight excluding hydrogens is 496 g/mol. The molecule has 0 saturated heterocycles. The fourth-order valence-corrected chi connectivity index (χ4v) is 4.92. The fraction of sp³-hybridized carbons (Fsp3) is 0.304. The number of nitrogens with zero attached hydrogens (tertiary/aromatic N) is 3. The molecule has 1 aromatic heterocycles. The fourth-order valence-electron chi connectivity index (χ4n) is 3.97. The molecule has 0 aliphatic heterocycles. The second kappa shape index (κ2) is 9.83. The molecule has 32 heavy (non-hydrogen) atoms. The van der Waals surface area contributed by atoms with Gasteiger partial charge in [0.15, 0.2) is 6.61 Å². The van der Waals surface area contributed by atoms with Gasteiger partial charge in [-0.3, -0.25) is 9.59 Å². The first-order chi connectivity index (χ1) is 15.4. The number of fused-ring (bicyclic) bond motifs is 1. The lowest BCUT2D eigenvalue weighted by Crippen LogP contribution is -2.25. The quantitative estimate of drug-likeness (QED) is 0.483. The standard InChI is InChI=1S/C23H22BrClN4O3/c24-18-11-16(25)10-15(21(18)32-13-20(26)30)12-27-29-22(14-6-2-1-3-7-14)28-19-9-5-4-8-17(19)23(29)31/h4-5,8-12,14H,1-3,6-7,13H2,(H2,26,30). The molecule has 166 valence electrons. The van der Waals surface area contributed by atoms with Crippen LogP contribution in [0.25, 0.3) is 10.9 Å². The van der Waals surface area contributed by atoms with E-state index in [1.54, 1.807) is 18.2 Å². The molecule has 1 aliphatic rings. The first-order valence-electron chi connectivity index (χ1n) is 10.4. The molecule has 0 unspecified atom stereocenters. The van der Waals surface area contributed by atoms with E-state index in [9.17, 15) is 9.59 Å². The predicted octanol–water partition coefficient (Wildman–Crippen LogP) is 4.61. The van der Waals surface area contributed by atoms with E-state index in [1.807, 2.05) is 18.2 Å². The third-order valence-electron chi connectivity index (χ3n) is 5.46. The van der Waals surface area contributed by atoms with Crippen molar-refractivity contribution in [3.8, 4) is 5.75 Å². The maximum Gasteiger partial charge on any atom is 0.282 e. The van der Waals surface area contributed by atoms with Crippen molar-refractivity contribution in [2.45, 2.75) is 38.0 Å². The summed E-state index contributed by atoms with van der Waals surface area (Å²) in [6.45, 7) is -0.300. The maximum absolute atomic E-state index is 13.3. The highest BCUT2D eigenvalue weighted by atomic mass is 79.9. The molecule has 4 rings (SSSR count). The molecule has 3 aromatic rings. The van der Waals surface area contributed by atoms with Crippen molar-refractivity contribution >= 4 is 50.6 Å². The smallest absolute Gasteiger partial charge is 0.282 e. The highest BCUT2D eigenvalue weighted by Crippen LogP contribution is 2.33. The number of nitrogens with two attached hydrogens (primary N) is 1. The number of aromatic nitrogens is 2. The van der Waals surface area contributed by atoms with E-state index in [0.717, 1.165) is 25.7 Å². The number of rotatable bonds is 6. The first kappa shape index (κ1) is 22.5. The molecule has 0 radical (unpaired) electrons. The summed E-state index contributed by atoms with van der Waals surface area (Å²) in [4.78, 5) is 29.3. The van der Waals surface area contributed by atoms with Gasteiger partial charge in [-0.05, 0) is 53.0 Å². The highest BCUT2D eigenvalue weighted by molar-refractivity contribution is 9.10. The SMILES string of the molecule is NC(=O)COc1c(Br)cc(Cl)cc1C=Nn1c(C2CCCCC2)nc2ccccc2c1=O. The molecule has 7 nitrogen and oxygen atoms in total. The number of carbonyl (C=O) groups excluding carboxylic acids is 1. The summed E-state index contributed by atoms with van der Waals surface area (Å²) in [6, 6.07) is 10.6. The van der Waals surface area contributed by atoms with E-state index < -0.39 is 5.91 Å². The average Bonchev–Trinajstić information content (AvgIpc) is 2.78. The van der Waals surface area contributed by atoms with Crippen molar-refractivity contribution in [2.24, 2.45) is 10.8 Å². The van der Waals surface area contributed by atoms with Gasteiger partial charge in [-0.15, -0.1) is 0 Å². The Balaban J connectivity index is 1.83. The van der Waals surface area contributed by atoms with Gasteiger partial charge in [-0.25, -0.2) is 4.98 Å². The zero-order valence-corrected chi connectivity index (χ0v) is 19.6. The number of carbonyl (C=O) groups is 1. The molecular formula is C23H22BrClN4O3. The van der Waals surface area contributed by atoms with Gasteiger partial charge < -0.3 is 10.5 Å². The average molecular weight is 518 g/mol. The van der Waals surface area contributed by atoms with Crippen LogP contribution in [0.1, 0.15) is 49.4 Å². The number of amides is 1. The molecule has 1 aliphatic carbocycles. The molecule has 9 heteroatoms. The van der Waals surface area contributed by atoms with Crippen LogP contribution in [0, 0.1) is 0 Å². The molecule has 1 fully saturated rings. The summed E-state index contributed by atoms with van der Waals surface area (Å²) >= 11 is 9.60. The second-order valence-electron chi connectivity index (χ2n) is 7.74. The summed E-state index contributed by atoms with van der Waals surface area (Å²) < 4.78 is 7.47. The zero-order chi connectivity index (χ0) is 22.7. The number of hydrogen-bond donors (Lipinski definition) is 1. The van der Waals surface area contributed by atoms with Gasteiger partial charge in [0.25, 0.3) is 11.5 Å². The topological polar surface area (TPSA) is 99.6 Å². The van der Waals surface area contributed by atoms with Crippen molar-refractivity contribution < 1.29 is 9.53 Å².